The van der Waals surface area contributed by atoms with Crippen LogP contribution in [0.4, 0.5) is 4.39 Å². The largest absolute Gasteiger partial charge is 0.299 e. The van der Waals surface area contributed by atoms with Crippen molar-refractivity contribution in [2.75, 3.05) is 0 Å². The summed E-state index contributed by atoms with van der Waals surface area (Å²) in [6, 6.07) is 0. The van der Waals surface area contributed by atoms with Crippen LogP contribution in [-0.2, 0) is 4.79 Å². The molecule has 0 aliphatic heterocycles. The third-order valence-corrected chi connectivity index (χ3v) is 1.52. The first kappa shape index (κ1) is 7.92. The summed E-state index contributed by atoms with van der Waals surface area (Å²) in [5.74, 6) is -0.0135. The monoisotopic (exact) mass is 152 g/mol. The van der Waals surface area contributed by atoms with Crippen molar-refractivity contribution in [3.05, 3.63) is 36.2 Å². The van der Waals surface area contributed by atoms with E-state index in [9.17, 15) is 9.18 Å². The van der Waals surface area contributed by atoms with Gasteiger partial charge in [0.15, 0.2) is 0 Å². The summed E-state index contributed by atoms with van der Waals surface area (Å²) in [7, 11) is 0. The lowest BCUT2D eigenvalue weighted by Gasteiger charge is -2.06. The Morgan fingerprint density at radius 1 is 1.64 bits per heavy atom. The number of rotatable bonds is 2. The lowest BCUT2D eigenvalue weighted by atomic mass is 10.0. The predicted octanol–water partition coefficient (Wildman–Crippen LogP) is 2.17. The highest BCUT2D eigenvalue weighted by Gasteiger charge is 2.03. The van der Waals surface area contributed by atoms with E-state index in [1.807, 2.05) is 0 Å². The Kier molecular flexibility index (Phi) is 2.78. The van der Waals surface area contributed by atoms with Crippen LogP contribution in [0.1, 0.15) is 6.42 Å². The van der Waals surface area contributed by atoms with Crippen molar-refractivity contribution in [3.63, 3.8) is 0 Å². The molecule has 0 spiro atoms. The second-order valence-corrected chi connectivity index (χ2v) is 2.37. The summed E-state index contributed by atoms with van der Waals surface area (Å²) in [4.78, 5) is 9.91. The summed E-state index contributed by atoms with van der Waals surface area (Å²) in [5.41, 5.74) is 0. The third kappa shape index (κ3) is 2.50. The van der Waals surface area contributed by atoms with Crippen LogP contribution in [-0.4, -0.2) is 6.29 Å². The SMILES string of the molecule is O=CC=CC1C=CC(F)=CC1. The maximum absolute atomic E-state index is 12.4. The molecule has 0 heterocycles. The molecule has 0 amide bonds. The molecule has 0 saturated heterocycles. The van der Waals surface area contributed by atoms with Crippen molar-refractivity contribution in [1.82, 2.24) is 0 Å². The number of halogens is 1. The molecule has 11 heavy (non-hydrogen) atoms. The van der Waals surface area contributed by atoms with Crippen LogP contribution in [0.3, 0.4) is 0 Å². The second-order valence-electron chi connectivity index (χ2n) is 2.37. The molecule has 1 nitrogen and oxygen atoms in total. The number of carbonyl (C=O) groups excluding carboxylic acids is 1. The third-order valence-electron chi connectivity index (χ3n) is 1.52. The highest BCUT2D eigenvalue weighted by Crippen LogP contribution is 2.17. The van der Waals surface area contributed by atoms with Gasteiger partial charge in [-0.2, -0.15) is 0 Å². The first-order chi connectivity index (χ1) is 5.33. The molecule has 0 aromatic carbocycles. The lowest BCUT2D eigenvalue weighted by Crippen LogP contribution is -1.93. The number of hydrogen-bond donors (Lipinski definition) is 0. The molecule has 1 unspecified atom stereocenters. The molecule has 1 aliphatic carbocycles. The van der Waals surface area contributed by atoms with E-state index in [0.717, 1.165) is 6.29 Å². The molecule has 58 valence electrons. The Bertz CT molecular complexity index is 226. The predicted molar refractivity (Wildman–Crippen MR) is 41.6 cm³/mol. The molecule has 0 fully saturated rings. The van der Waals surface area contributed by atoms with Crippen LogP contribution in [0.25, 0.3) is 0 Å². The summed E-state index contributed by atoms with van der Waals surface area (Å²) in [6.07, 6.45) is 9.24. The highest BCUT2D eigenvalue weighted by atomic mass is 19.1. The number of hydrogen-bond acceptors (Lipinski definition) is 1. The number of aldehydes is 1. The van der Waals surface area contributed by atoms with Crippen LogP contribution in [0.5, 0.6) is 0 Å². The molecule has 0 aromatic heterocycles. The Labute approximate surface area is 64.9 Å². The normalized spacial score (nSPS) is 23.7. The van der Waals surface area contributed by atoms with Crippen molar-refractivity contribution in [2.24, 2.45) is 5.92 Å². The van der Waals surface area contributed by atoms with Crippen LogP contribution in [0.2, 0.25) is 0 Å². The summed E-state index contributed by atoms with van der Waals surface area (Å²) < 4.78 is 12.4. The van der Waals surface area contributed by atoms with Gasteiger partial charge in [-0.25, -0.2) is 4.39 Å². The van der Waals surface area contributed by atoms with E-state index in [1.165, 1.54) is 18.2 Å². The molecule has 1 aliphatic rings. The topological polar surface area (TPSA) is 17.1 Å². The maximum atomic E-state index is 12.4. The van der Waals surface area contributed by atoms with Gasteiger partial charge in [0.1, 0.15) is 12.1 Å². The van der Waals surface area contributed by atoms with E-state index in [2.05, 4.69) is 0 Å². The summed E-state index contributed by atoms with van der Waals surface area (Å²) in [5, 5.41) is 0. The standard InChI is InChI=1S/C9H9FO/c10-9-5-3-8(4-6-9)2-1-7-11/h1-3,5-8H,4H2. The van der Waals surface area contributed by atoms with Crippen molar-refractivity contribution in [3.8, 4) is 0 Å². The van der Waals surface area contributed by atoms with Gasteiger partial charge in [-0.15, -0.1) is 0 Å². The van der Waals surface area contributed by atoms with Gasteiger partial charge >= 0.3 is 0 Å². The van der Waals surface area contributed by atoms with Gasteiger partial charge in [0, 0.05) is 0 Å². The minimum Gasteiger partial charge on any atom is -0.299 e. The zero-order chi connectivity index (χ0) is 8.10. The highest BCUT2D eigenvalue weighted by molar-refractivity contribution is 5.64. The molecule has 0 aromatic rings. The van der Waals surface area contributed by atoms with Gasteiger partial charge in [0.05, 0.1) is 0 Å². The van der Waals surface area contributed by atoms with E-state index in [1.54, 1.807) is 12.2 Å². The number of allylic oxidation sites excluding steroid dienone is 6. The fourth-order valence-corrected chi connectivity index (χ4v) is 0.942. The van der Waals surface area contributed by atoms with Crippen molar-refractivity contribution in [2.45, 2.75) is 6.42 Å². The van der Waals surface area contributed by atoms with Crippen LogP contribution in [0.15, 0.2) is 36.2 Å². The molecule has 1 atom stereocenters. The minimum absolute atomic E-state index is 0.180. The van der Waals surface area contributed by atoms with Gasteiger partial charge in [0.25, 0.3) is 0 Å². The smallest absolute Gasteiger partial charge is 0.142 e. The Morgan fingerprint density at radius 2 is 2.45 bits per heavy atom. The minimum atomic E-state index is -0.194. The van der Waals surface area contributed by atoms with Crippen LogP contribution < -0.4 is 0 Å². The Balaban J connectivity index is 2.49. The van der Waals surface area contributed by atoms with E-state index in [-0.39, 0.29) is 11.7 Å². The fourth-order valence-electron chi connectivity index (χ4n) is 0.942. The van der Waals surface area contributed by atoms with Crippen LogP contribution >= 0.6 is 0 Å². The van der Waals surface area contributed by atoms with Crippen molar-refractivity contribution < 1.29 is 9.18 Å². The van der Waals surface area contributed by atoms with Gasteiger partial charge in [-0.3, -0.25) is 4.79 Å². The second kappa shape index (κ2) is 3.86. The first-order valence-corrected chi connectivity index (χ1v) is 3.49. The van der Waals surface area contributed by atoms with Crippen LogP contribution in [0, 0.1) is 5.92 Å². The van der Waals surface area contributed by atoms with E-state index >= 15 is 0 Å². The molecule has 2 heteroatoms. The zero-order valence-corrected chi connectivity index (χ0v) is 6.03. The van der Waals surface area contributed by atoms with Gasteiger partial charge < -0.3 is 0 Å². The molecular formula is C9H9FO. The Hall–Kier alpha value is -1.18. The lowest BCUT2D eigenvalue weighted by molar-refractivity contribution is -0.104. The van der Waals surface area contributed by atoms with E-state index < -0.39 is 0 Å². The van der Waals surface area contributed by atoms with Gasteiger partial charge in [-0.05, 0) is 30.6 Å². The first-order valence-electron chi connectivity index (χ1n) is 3.49. The van der Waals surface area contributed by atoms with Crippen molar-refractivity contribution >= 4 is 6.29 Å². The number of carbonyl (C=O) groups is 1. The zero-order valence-electron chi connectivity index (χ0n) is 6.03. The summed E-state index contributed by atoms with van der Waals surface area (Å²) >= 11 is 0. The quantitative estimate of drug-likeness (QED) is 0.437. The maximum Gasteiger partial charge on any atom is 0.142 e. The van der Waals surface area contributed by atoms with Gasteiger partial charge in [-0.1, -0.05) is 12.2 Å². The molecule has 0 saturated carbocycles. The van der Waals surface area contributed by atoms with Gasteiger partial charge in [0.2, 0.25) is 0 Å². The average molecular weight is 152 g/mol. The molecule has 0 radical (unpaired) electrons. The van der Waals surface area contributed by atoms with Crippen molar-refractivity contribution in [1.29, 1.82) is 0 Å². The fraction of sp³-hybridized carbons (Fsp3) is 0.222. The molecule has 0 bridgehead atoms. The molecule has 0 N–H and O–H groups in total. The van der Waals surface area contributed by atoms with E-state index in [4.69, 9.17) is 0 Å². The summed E-state index contributed by atoms with van der Waals surface area (Å²) in [6.45, 7) is 0. The Morgan fingerprint density at radius 3 is 3.00 bits per heavy atom. The molecule has 1 rings (SSSR count). The average Bonchev–Trinajstić information content (AvgIpc) is 2.04. The van der Waals surface area contributed by atoms with E-state index in [0.29, 0.717) is 6.42 Å². The molecular weight excluding hydrogens is 143 g/mol.